The van der Waals surface area contributed by atoms with Gasteiger partial charge in [0, 0.05) is 24.0 Å². The molecule has 0 amide bonds. The predicted molar refractivity (Wildman–Crippen MR) is 84.9 cm³/mol. The first-order valence-electron chi connectivity index (χ1n) is 6.77. The Bertz CT molecular complexity index is 544. The second-order valence-corrected chi connectivity index (χ2v) is 8.68. The zero-order chi connectivity index (χ0) is 14.8. The van der Waals surface area contributed by atoms with Gasteiger partial charge in [0.25, 0.3) is 0 Å². The molecule has 4 nitrogen and oxygen atoms in total. The standard InChI is InChI=1S/C13H21ClN2O2S2/c1-15-12(13-11(14)5-7-19-13)8-10-4-3-6-16(9-10)20(2,17)18/h5,7,10,12,15H,3-4,6,8-9H2,1-2H3. The summed E-state index contributed by atoms with van der Waals surface area (Å²) in [4.78, 5) is 1.14. The zero-order valence-corrected chi connectivity index (χ0v) is 14.2. The fourth-order valence-electron chi connectivity index (χ4n) is 2.76. The minimum absolute atomic E-state index is 0.201. The second kappa shape index (κ2) is 6.75. The third kappa shape index (κ3) is 3.95. The van der Waals surface area contributed by atoms with Crippen molar-refractivity contribution in [3.63, 3.8) is 0 Å². The fourth-order valence-corrected chi connectivity index (χ4v) is 5.02. The largest absolute Gasteiger partial charge is 0.312 e. The van der Waals surface area contributed by atoms with Crippen molar-refractivity contribution >= 4 is 33.0 Å². The Balaban J connectivity index is 2.03. The number of hydrogen-bond acceptors (Lipinski definition) is 4. The predicted octanol–water partition coefficient (Wildman–Crippen LogP) is 2.72. The molecule has 7 heteroatoms. The lowest BCUT2D eigenvalue weighted by atomic mass is 9.92. The maximum absolute atomic E-state index is 11.7. The summed E-state index contributed by atoms with van der Waals surface area (Å²) in [5, 5.41) is 6.09. The van der Waals surface area contributed by atoms with Gasteiger partial charge in [-0.3, -0.25) is 0 Å². The van der Waals surface area contributed by atoms with Gasteiger partial charge in [0.15, 0.2) is 0 Å². The molecule has 1 aliphatic heterocycles. The zero-order valence-electron chi connectivity index (χ0n) is 11.8. The molecule has 1 saturated heterocycles. The molecule has 1 aromatic rings. The van der Waals surface area contributed by atoms with Gasteiger partial charge in [-0.15, -0.1) is 11.3 Å². The van der Waals surface area contributed by atoms with Crippen molar-refractivity contribution in [1.29, 1.82) is 0 Å². The van der Waals surface area contributed by atoms with Crippen LogP contribution in [0.1, 0.15) is 30.2 Å². The molecule has 0 aliphatic carbocycles. The number of piperidine rings is 1. The van der Waals surface area contributed by atoms with Crippen LogP contribution in [0.25, 0.3) is 0 Å². The first kappa shape index (κ1) is 16.2. The summed E-state index contributed by atoms with van der Waals surface area (Å²) in [7, 11) is -1.15. The molecule has 2 heterocycles. The van der Waals surface area contributed by atoms with Crippen molar-refractivity contribution in [3.05, 3.63) is 21.3 Å². The van der Waals surface area contributed by atoms with Crippen molar-refractivity contribution in [2.24, 2.45) is 5.92 Å². The van der Waals surface area contributed by atoms with Crippen molar-refractivity contribution in [3.8, 4) is 0 Å². The fraction of sp³-hybridized carbons (Fsp3) is 0.692. The SMILES string of the molecule is CNC(CC1CCCN(S(C)(=O)=O)C1)c1sccc1Cl. The Hall–Kier alpha value is -0.140. The Morgan fingerprint density at radius 1 is 1.60 bits per heavy atom. The van der Waals surface area contributed by atoms with E-state index in [4.69, 9.17) is 11.6 Å². The van der Waals surface area contributed by atoms with Gasteiger partial charge in [-0.25, -0.2) is 12.7 Å². The highest BCUT2D eigenvalue weighted by Crippen LogP contribution is 2.34. The second-order valence-electron chi connectivity index (χ2n) is 5.34. The minimum atomic E-state index is -3.07. The Kier molecular flexibility index (Phi) is 5.48. The van der Waals surface area contributed by atoms with E-state index in [1.54, 1.807) is 15.6 Å². The van der Waals surface area contributed by atoms with Gasteiger partial charge in [-0.05, 0) is 43.7 Å². The van der Waals surface area contributed by atoms with E-state index in [0.29, 0.717) is 19.0 Å². The molecule has 0 aromatic carbocycles. The highest BCUT2D eigenvalue weighted by atomic mass is 35.5. The van der Waals surface area contributed by atoms with E-state index in [0.717, 1.165) is 29.2 Å². The van der Waals surface area contributed by atoms with Gasteiger partial charge in [0.2, 0.25) is 10.0 Å². The Morgan fingerprint density at radius 3 is 2.90 bits per heavy atom. The molecular formula is C13H21ClN2O2S2. The number of sulfonamides is 1. The first-order valence-corrected chi connectivity index (χ1v) is 9.87. The van der Waals surface area contributed by atoms with Gasteiger partial charge in [0.1, 0.15) is 0 Å². The van der Waals surface area contributed by atoms with E-state index in [9.17, 15) is 8.42 Å². The molecule has 2 unspecified atom stereocenters. The van der Waals surface area contributed by atoms with Crippen molar-refractivity contribution in [2.75, 3.05) is 26.4 Å². The lowest BCUT2D eigenvalue weighted by molar-refractivity contribution is 0.241. The van der Waals surface area contributed by atoms with Crippen LogP contribution in [0.2, 0.25) is 5.02 Å². The Labute approximate surface area is 130 Å². The summed E-state index contributed by atoms with van der Waals surface area (Å²) >= 11 is 7.85. The van der Waals surface area contributed by atoms with E-state index in [2.05, 4.69) is 5.32 Å². The molecule has 1 aromatic heterocycles. The molecule has 0 bridgehead atoms. The van der Waals surface area contributed by atoms with Crippen LogP contribution in [0.15, 0.2) is 11.4 Å². The van der Waals surface area contributed by atoms with Crippen LogP contribution < -0.4 is 5.32 Å². The average molecular weight is 337 g/mol. The van der Waals surface area contributed by atoms with Gasteiger partial charge in [-0.2, -0.15) is 0 Å². The molecule has 0 saturated carbocycles. The summed E-state index contributed by atoms with van der Waals surface area (Å²) in [5.41, 5.74) is 0. The van der Waals surface area contributed by atoms with Crippen molar-refractivity contribution in [2.45, 2.75) is 25.3 Å². The number of hydrogen-bond donors (Lipinski definition) is 1. The summed E-state index contributed by atoms with van der Waals surface area (Å²) in [5.74, 6) is 0.383. The average Bonchev–Trinajstić information content (AvgIpc) is 2.81. The highest BCUT2D eigenvalue weighted by molar-refractivity contribution is 7.88. The number of thiophene rings is 1. The molecule has 20 heavy (non-hydrogen) atoms. The lowest BCUT2D eigenvalue weighted by Gasteiger charge is -2.32. The number of nitrogens with one attached hydrogen (secondary N) is 1. The summed E-state index contributed by atoms with van der Waals surface area (Å²) in [6, 6.07) is 2.11. The summed E-state index contributed by atoms with van der Waals surface area (Å²) < 4.78 is 24.9. The Morgan fingerprint density at radius 2 is 2.35 bits per heavy atom. The van der Waals surface area contributed by atoms with E-state index in [1.807, 2.05) is 18.5 Å². The van der Waals surface area contributed by atoms with E-state index >= 15 is 0 Å². The molecule has 2 atom stereocenters. The van der Waals surface area contributed by atoms with Crippen LogP contribution in [0.5, 0.6) is 0 Å². The molecular weight excluding hydrogens is 316 g/mol. The third-order valence-electron chi connectivity index (χ3n) is 3.83. The van der Waals surface area contributed by atoms with Gasteiger partial charge < -0.3 is 5.32 Å². The van der Waals surface area contributed by atoms with Crippen LogP contribution in [0, 0.1) is 5.92 Å². The topological polar surface area (TPSA) is 49.4 Å². The normalized spacial score (nSPS) is 22.9. The maximum Gasteiger partial charge on any atom is 0.211 e. The van der Waals surface area contributed by atoms with Gasteiger partial charge in [-0.1, -0.05) is 11.6 Å². The summed E-state index contributed by atoms with van der Waals surface area (Å²) in [6.07, 6.45) is 4.23. The van der Waals surface area contributed by atoms with Gasteiger partial charge in [0.05, 0.1) is 11.3 Å². The molecule has 1 N–H and O–H groups in total. The molecule has 0 spiro atoms. The third-order valence-corrected chi connectivity index (χ3v) is 6.57. The molecule has 114 valence electrons. The van der Waals surface area contributed by atoms with Crippen molar-refractivity contribution < 1.29 is 8.42 Å². The number of halogens is 1. The minimum Gasteiger partial charge on any atom is -0.312 e. The summed E-state index contributed by atoms with van der Waals surface area (Å²) in [6.45, 7) is 1.28. The number of nitrogens with zero attached hydrogens (tertiary/aromatic N) is 1. The lowest BCUT2D eigenvalue weighted by Crippen LogP contribution is -2.40. The molecule has 1 fully saturated rings. The smallest absolute Gasteiger partial charge is 0.211 e. The van der Waals surface area contributed by atoms with Gasteiger partial charge >= 0.3 is 0 Å². The van der Waals surface area contributed by atoms with Crippen LogP contribution in [-0.2, 0) is 10.0 Å². The number of rotatable bonds is 5. The molecule has 2 rings (SSSR count). The van der Waals surface area contributed by atoms with E-state index in [-0.39, 0.29) is 6.04 Å². The van der Waals surface area contributed by atoms with Crippen LogP contribution in [0.3, 0.4) is 0 Å². The maximum atomic E-state index is 11.7. The van der Waals surface area contributed by atoms with Crippen LogP contribution in [-0.4, -0.2) is 39.1 Å². The van der Waals surface area contributed by atoms with Crippen molar-refractivity contribution in [1.82, 2.24) is 9.62 Å². The monoisotopic (exact) mass is 336 g/mol. The molecule has 0 radical (unpaired) electrons. The van der Waals surface area contributed by atoms with Crippen LogP contribution >= 0.6 is 22.9 Å². The van der Waals surface area contributed by atoms with E-state index < -0.39 is 10.0 Å². The quantitative estimate of drug-likeness (QED) is 0.899. The highest BCUT2D eigenvalue weighted by Gasteiger charge is 2.28. The van der Waals surface area contributed by atoms with Crippen LogP contribution in [0.4, 0.5) is 0 Å². The van der Waals surface area contributed by atoms with E-state index in [1.165, 1.54) is 6.26 Å². The molecule has 1 aliphatic rings. The first-order chi connectivity index (χ1) is 9.41.